The normalized spacial score (nSPS) is 9.55. The number of esters is 2. The lowest BCUT2D eigenvalue weighted by Gasteiger charge is -2.03. The molecule has 0 spiro atoms. The van der Waals surface area contributed by atoms with Crippen molar-refractivity contribution in [1.29, 1.82) is 0 Å². The number of methoxy groups -OCH3 is 2. The molecule has 2 amide bonds. The van der Waals surface area contributed by atoms with Crippen molar-refractivity contribution in [2.75, 3.05) is 27.3 Å². The minimum absolute atomic E-state index is 0.375. The van der Waals surface area contributed by atoms with Crippen LogP contribution in [0.3, 0.4) is 0 Å². The van der Waals surface area contributed by atoms with Crippen LogP contribution in [-0.4, -0.2) is 71.5 Å². The van der Waals surface area contributed by atoms with Gasteiger partial charge in [-0.2, -0.15) is 0 Å². The van der Waals surface area contributed by atoms with Crippen LogP contribution in [0.2, 0.25) is 0 Å². The molecule has 118 valence electrons. The average molecular weight is 312 g/mol. The van der Waals surface area contributed by atoms with E-state index < -0.39 is 35.4 Å². The van der Waals surface area contributed by atoms with Gasteiger partial charge in [0, 0.05) is 0 Å². The summed E-state index contributed by atoms with van der Waals surface area (Å²) < 4.78 is 8.65. The van der Waals surface area contributed by atoms with Gasteiger partial charge in [0.2, 0.25) is 0 Å². The third-order valence-electron chi connectivity index (χ3n) is 2.13. The van der Waals surface area contributed by atoms with Gasteiger partial charge in [0.1, 0.15) is 13.1 Å². The second kappa shape index (κ2) is 8.18. The van der Waals surface area contributed by atoms with Crippen LogP contribution in [0.4, 0.5) is 0 Å². The number of aromatic nitrogens is 4. The second-order valence-corrected chi connectivity index (χ2v) is 3.56. The maximum atomic E-state index is 11.5. The zero-order chi connectivity index (χ0) is 16.5. The number of nitrogens with one attached hydrogen (secondary N) is 2. The molecule has 0 bridgehead atoms. The number of carbonyl (C=O) groups excluding carboxylic acids is 4. The van der Waals surface area contributed by atoms with E-state index in [0.717, 1.165) is 14.2 Å². The number of hydrogen-bond acceptors (Lipinski definition) is 10. The van der Waals surface area contributed by atoms with Crippen LogP contribution >= 0.6 is 0 Å². The topological polar surface area (TPSA) is 162 Å². The molecule has 0 aliphatic carbocycles. The molecular weight excluding hydrogens is 300 g/mol. The largest absolute Gasteiger partial charge is 0.468 e. The van der Waals surface area contributed by atoms with Gasteiger partial charge in [-0.25, -0.2) is 0 Å². The van der Waals surface area contributed by atoms with E-state index in [1.54, 1.807) is 0 Å². The molecule has 0 radical (unpaired) electrons. The highest BCUT2D eigenvalue weighted by Gasteiger charge is 2.16. The van der Waals surface area contributed by atoms with Crippen LogP contribution in [0.15, 0.2) is 0 Å². The molecule has 0 fully saturated rings. The van der Waals surface area contributed by atoms with Crippen molar-refractivity contribution in [3.63, 3.8) is 0 Å². The lowest BCUT2D eigenvalue weighted by Crippen LogP contribution is -2.34. The molecule has 0 atom stereocenters. The van der Waals surface area contributed by atoms with Crippen molar-refractivity contribution in [1.82, 2.24) is 31.0 Å². The predicted molar refractivity (Wildman–Crippen MR) is 66.3 cm³/mol. The Morgan fingerprint density at radius 3 is 1.36 bits per heavy atom. The fraction of sp³-hybridized carbons (Fsp3) is 0.400. The monoisotopic (exact) mass is 312 g/mol. The second-order valence-electron chi connectivity index (χ2n) is 3.56. The highest BCUT2D eigenvalue weighted by atomic mass is 16.5. The number of hydrogen-bond donors (Lipinski definition) is 2. The van der Waals surface area contributed by atoms with Gasteiger partial charge in [0.25, 0.3) is 23.5 Å². The molecule has 0 saturated heterocycles. The molecule has 12 nitrogen and oxygen atoms in total. The highest BCUT2D eigenvalue weighted by molar-refractivity contribution is 5.94. The maximum Gasteiger partial charge on any atom is 0.325 e. The van der Waals surface area contributed by atoms with Crippen LogP contribution < -0.4 is 10.6 Å². The molecule has 0 saturated carbocycles. The Morgan fingerprint density at radius 1 is 0.773 bits per heavy atom. The summed E-state index contributed by atoms with van der Waals surface area (Å²) in [6.07, 6.45) is 0. The number of rotatable bonds is 6. The first-order valence-electron chi connectivity index (χ1n) is 5.75. The quantitative estimate of drug-likeness (QED) is 0.520. The van der Waals surface area contributed by atoms with E-state index in [1.165, 1.54) is 0 Å². The van der Waals surface area contributed by atoms with Crippen molar-refractivity contribution in [2.45, 2.75) is 0 Å². The molecule has 12 heteroatoms. The van der Waals surface area contributed by atoms with E-state index in [-0.39, 0.29) is 13.1 Å². The Morgan fingerprint density at radius 2 is 1.09 bits per heavy atom. The summed E-state index contributed by atoms with van der Waals surface area (Å²) in [5, 5.41) is 17.9. The standard InChI is InChI=1S/C10H12N6O6/c1-21-5(17)3-11-9(19)7-13-15-8(16-14-7)10(20)12-4-6(18)22-2/h3-4H2,1-2H3,(H,11,19)(H,12,20). The van der Waals surface area contributed by atoms with Gasteiger partial charge in [-0.05, 0) is 0 Å². The van der Waals surface area contributed by atoms with Crippen LogP contribution in [-0.2, 0) is 19.1 Å². The molecular formula is C10H12N6O6. The van der Waals surface area contributed by atoms with Gasteiger partial charge < -0.3 is 20.1 Å². The third kappa shape index (κ3) is 5.07. The third-order valence-corrected chi connectivity index (χ3v) is 2.13. The smallest absolute Gasteiger partial charge is 0.325 e. The number of nitrogens with zero attached hydrogens (tertiary/aromatic N) is 4. The van der Waals surface area contributed by atoms with Gasteiger partial charge in [0.05, 0.1) is 14.2 Å². The van der Waals surface area contributed by atoms with E-state index in [9.17, 15) is 19.2 Å². The molecule has 0 aromatic carbocycles. The molecule has 0 aliphatic heterocycles. The van der Waals surface area contributed by atoms with E-state index in [4.69, 9.17) is 0 Å². The summed E-state index contributed by atoms with van der Waals surface area (Å²) >= 11 is 0. The fourth-order valence-corrected chi connectivity index (χ4v) is 1.02. The lowest BCUT2D eigenvalue weighted by molar-refractivity contribution is -0.140. The summed E-state index contributed by atoms with van der Waals surface area (Å²) in [6, 6.07) is 0. The van der Waals surface area contributed by atoms with Crippen molar-refractivity contribution in [3.05, 3.63) is 11.6 Å². The number of amides is 2. The SMILES string of the molecule is COC(=O)CNC(=O)c1nnc(C(=O)NCC(=O)OC)nn1. The lowest BCUT2D eigenvalue weighted by atomic mass is 10.5. The highest BCUT2D eigenvalue weighted by Crippen LogP contribution is 1.88. The van der Waals surface area contributed by atoms with Crippen LogP contribution in [0.1, 0.15) is 21.2 Å². The Labute approximate surface area is 123 Å². The first-order chi connectivity index (χ1) is 10.5. The van der Waals surface area contributed by atoms with E-state index in [2.05, 4.69) is 40.5 Å². The molecule has 0 aliphatic rings. The van der Waals surface area contributed by atoms with Crippen LogP contribution in [0.25, 0.3) is 0 Å². The van der Waals surface area contributed by atoms with E-state index in [1.807, 2.05) is 0 Å². The molecule has 1 heterocycles. The zero-order valence-electron chi connectivity index (χ0n) is 11.7. The summed E-state index contributed by atoms with van der Waals surface area (Å²) in [7, 11) is 2.33. The van der Waals surface area contributed by atoms with Crippen molar-refractivity contribution >= 4 is 23.8 Å². The molecule has 22 heavy (non-hydrogen) atoms. The van der Waals surface area contributed by atoms with Crippen molar-refractivity contribution < 1.29 is 28.7 Å². The van der Waals surface area contributed by atoms with Gasteiger partial charge in [-0.15, -0.1) is 20.4 Å². The molecule has 0 unspecified atom stereocenters. The van der Waals surface area contributed by atoms with E-state index in [0.29, 0.717) is 0 Å². The Kier molecular flexibility index (Phi) is 6.28. The first-order valence-corrected chi connectivity index (χ1v) is 5.75. The average Bonchev–Trinajstić information content (AvgIpc) is 2.56. The minimum Gasteiger partial charge on any atom is -0.468 e. The Balaban J connectivity index is 2.58. The van der Waals surface area contributed by atoms with Crippen molar-refractivity contribution in [2.24, 2.45) is 0 Å². The molecule has 1 aromatic rings. The molecule has 1 rings (SSSR count). The summed E-state index contributed by atoms with van der Waals surface area (Å²) in [5.74, 6) is -3.82. The maximum absolute atomic E-state index is 11.5. The molecule has 1 aromatic heterocycles. The molecule has 2 N–H and O–H groups in total. The van der Waals surface area contributed by atoms with Crippen LogP contribution in [0.5, 0.6) is 0 Å². The first kappa shape index (κ1) is 16.9. The summed E-state index contributed by atoms with van der Waals surface area (Å²) in [5.41, 5.74) is 0. The van der Waals surface area contributed by atoms with E-state index >= 15 is 0 Å². The Hall–Kier alpha value is -3.18. The minimum atomic E-state index is -0.813. The predicted octanol–water partition coefficient (Wildman–Crippen LogP) is -2.93. The van der Waals surface area contributed by atoms with Gasteiger partial charge >= 0.3 is 11.9 Å². The number of ether oxygens (including phenoxy) is 2. The Bertz CT molecular complexity index is 523. The van der Waals surface area contributed by atoms with Crippen LogP contribution in [0, 0.1) is 0 Å². The van der Waals surface area contributed by atoms with Gasteiger partial charge in [-0.1, -0.05) is 0 Å². The number of carbonyl (C=O) groups is 4. The zero-order valence-corrected chi connectivity index (χ0v) is 11.7. The van der Waals surface area contributed by atoms with Gasteiger partial charge in [0.15, 0.2) is 0 Å². The van der Waals surface area contributed by atoms with Crippen molar-refractivity contribution in [3.8, 4) is 0 Å². The summed E-state index contributed by atoms with van der Waals surface area (Å²) in [6.45, 7) is -0.750. The fourth-order valence-electron chi connectivity index (χ4n) is 1.02. The van der Waals surface area contributed by atoms with Gasteiger partial charge in [-0.3, -0.25) is 19.2 Å². The summed E-state index contributed by atoms with van der Waals surface area (Å²) in [4.78, 5) is 44.7.